The highest BCUT2D eigenvalue weighted by Crippen LogP contribution is 2.47. The van der Waals surface area contributed by atoms with Crippen molar-refractivity contribution in [3.63, 3.8) is 0 Å². The molecule has 4 rings (SSSR count). The quantitative estimate of drug-likeness (QED) is 0.651. The molecule has 2 N–H and O–H groups in total. The van der Waals surface area contributed by atoms with Crippen LogP contribution in [0.25, 0.3) is 22.6 Å². The summed E-state index contributed by atoms with van der Waals surface area (Å²) in [7, 11) is 1.57. The van der Waals surface area contributed by atoms with E-state index in [1.54, 1.807) is 19.2 Å². The molecule has 3 aromatic rings. The summed E-state index contributed by atoms with van der Waals surface area (Å²) in [5.41, 5.74) is 2.33. The normalized spacial score (nSPS) is 15.9. The molecule has 1 heterocycles. The predicted molar refractivity (Wildman–Crippen MR) is 114 cm³/mol. The molecule has 1 aliphatic carbocycles. The zero-order chi connectivity index (χ0) is 20.9. The average molecular weight is 389 g/mol. The summed E-state index contributed by atoms with van der Waals surface area (Å²) in [6.45, 7) is 6.24. The zero-order valence-corrected chi connectivity index (χ0v) is 16.9. The molecule has 1 aromatic heterocycles. The van der Waals surface area contributed by atoms with Crippen LogP contribution in [-0.4, -0.2) is 18.1 Å². The fourth-order valence-electron chi connectivity index (χ4n) is 4.10. The van der Waals surface area contributed by atoms with Crippen molar-refractivity contribution in [2.75, 3.05) is 7.05 Å². The lowest BCUT2D eigenvalue weighted by atomic mass is 9.73. The van der Waals surface area contributed by atoms with Crippen LogP contribution in [0.1, 0.15) is 49.1 Å². The average Bonchev–Trinajstić information content (AvgIpc) is 2.81. The number of phenolic OH excluding ortho intramolecular Hbond substituents is 1. The van der Waals surface area contributed by atoms with Gasteiger partial charge in [-0.1, -0.05) is 45.0 Å². The maximum absolute atomic E-state index is 13.4. The third kappa shape index (κ3) is 3.03. The molecule has 29 heavy (non-hydrogen) atoms. The van der Waals surface area contributed by atoms with E-state index in [9.17, 15) is 14.7 Å². The minimum Gasteiger partial charge on any atom is -0.508 e. The number of hydrogen-bond acceptors (Lipinski definition) is 4. The zero-order valence-electron chi connectivity index (χ0n) is 16.9. The minimum absolute atomic E-state index is 0.0310. The smallest absolute Gasteiger partial charge is 0.251 e. The summed E-state index contributed by atoms with van der Waals surface area (Å²) in [4.78, 5) is 26.1. The molecule has 0 fully saturated rings. The maximum Gasteiger partial charge on any atom is 0.251 e. The second-order valence-corrected chi connectivity index (χ2v) is 8.41. The second-order valence-electron chi connectivity index (χ2n) is 8.41. The Morgan fingerprint density at radius 1 is 1.14 bits per heavy atom. The van der Waals surface area contributed by atoms with E-state index in [1.807, 2.05) is 24.3 Å². The van der Waals surface area contributed by atoms with Crippen molar-refractivity contribution >= 4 is 28.5 Å². The Morgan fingerprint density at radius 3 is 2.55 bits per heavy atom. The summed E-state index contributed by atoms with van der Waals surface area (Å²) in [5, 5.41) is 12.9. The van der Waals surface area contributed by atoms with Crippen molar-refractivity contribution in [2.45, 2.75) is 26.7 Å². The molecule has 2 aromatic carbocycles. The van der Waals surface area contributed by atoms with Crippen LogP contribution < -0.4 is 10.7 Å². The van der Waals surface area contributed by atoms with Gasteiger partial charge in [0.25, 0.3) is 5.91 Å². The van der Waals surface area contributed by atoms with Gasteiger partial charge < -0.3 is 14.8 Å². The van der Waals surface area contributed by atoms with Crippen LogP contribution >= 0.6 is 0 Å². The molecule has 1 aliphatic rings. The maximum atomic E-state index is 13.4. The van der Waals surface area contributed by atoms with Gasteiger partial charge in [-0.2, -0.15) is 0 Å². The monoisotopic (exact) mass is 389 g/mol. The Kier molecular flexibility index (Phi) is 4.34. The van der Waals surface area contributed by atoms with Crippen LogP contribution in [0.15, 0.2) is 51.7 Å². The number of fused-ring (bicyclic) bond motifs is 3. The number of carbonyl (C=O) groups is 1. The first kappa shape index (κ1) is 19.0. The van der Waals surface area contributed by atoms with Crippen LogP contribution in [0, 0.1) is 5.41 Å². The number of benzene rings is 2. The number of carbonyl (C=O) groups excluding carboxylic acids is 1. The molecule has 0 saturated heterocycles. The van der Waals surface area contributed by atoms with Crippen LogP contribution in [0.3, 0.4) is 0 Å². The summed E-state index contributed by atoms with van der Waals surface area (Å²) < 4.78 is 6.25. The van der Waals surface area contributed by atoms with Gasteiger partial charge in [-0.25, -0.2) is 0 Å². The summed E-state index contributed by atoms with van der Waals surface area (Å²) in [6.07, 6.45) is 1.64. The van der Waals surface area contributed by atoms with E-state index in [-0.39, 0.29) is 28.4 Å². The van der Waals surface area contributed by atoms with Crippen molar-refractivity contribution in [2.24, 2.45) is 5.41 Å². The molecule has 5 nitrogen and oxygen atoms in total. The molecule has 5 heteroatoms. The molecule has 1 atom stereocenters. The number of amides is 1. The van der Waals surface area contributed by atoms with E-state index in [4.69, 9.17) is 4.42 Å². The second kappa shape index (κ2) is 6.62. The predicted octanol–water partition coefficient (Wildman–Crippen LogP) is 4.28. The number of hydrogen-bond donors (Lipinski definition) is 2. The van der Waals surface area contributed by atoms with E-state index in [2.05, 4.69) is 26.1 Å². The topological polar surface area (TPSA) is 79.5 Å². The molecular weight excluding hydrogens is 366 g/mol. The molecule has 0 spiro atoms. The Labute approximate surface area is 168 Å². The Balaban J connectivity index is 2.19. The van der Waals surface area contributed by atoms with Gasteiger partial charge in [0, 0.05) is 24.6 Å². The van der Waals surface area contributed by atoms with E-state index in [0.29, 0.717) is 27.9 Å². The van der Waals surface area contributed by atoms with Crippen molar-refractivity contribution in [1.29, 1.82) is 0 Å². The largest absolute Gasteiger partial charge is 0.508 e. The first-order valence-corrected chi connectivity index (χ1v) is 9.55. The molecule has 1 unspecified atom stereocenters. The van der Waals surface area contributed by atoms with E-state index in [0.717, 1.165) is 11.1 Å². The van der Waals surface area contributed by atoms with Gasteiger partial charge in [-0.3, -0.25) is 9.59 Å². The van der Waals surface area contributed by atoms with Crippen molar-refractivity contribution in [1.82, 2.24) is 5.32 Å². The number of aromatic hydroxyl groups is 1. The van der Waals surface area contributed by atoms with Gasteiger partial charge in [-0.15, -0.1) is 0 Å². The van der Waals surface area contributed by atoms with Gasteiger partial charge in [0.2, 0.25) is 0 Å². The van der Waals surface area contributed by atoms with E-state index in [1.165, 1.54) is 12.1 Å². The molecule has 148 valence electrons. The SMILES string of the molecule is CNC(=O)C1=Cc2c(oc3cc(O)ccc3c2=O)C(C(C)(C)C)c2ccccc21. The van der Waals surface area contributed by atoms with Crippen molar-refractivity contribution in [3.8, 4) is 5.75 Å². The van der Waals surface area contributed by atoms with Gasteiger partial charge >= 0.3 is 0 Å². The number of rotatable bonds is 1. The van der Waals surface area contributed by atoms with E-state index < -0.39 is 0 Å². The Hall–Kier alpha value is -3.34. The van der Waals surface area contributed by atoms with Crippen LogP contribution in [0.4, 0.5) is 0 Å². The molecule has 0 aliphatic heterocycles. The standard InChI is InChI=1S/C24H23NO4/c1-24(2,3)20-15-8-6-5-7-14(15)17(23(28)25-4)12-18-21(27)16-10-9-13(26)11-19(16)29-22(18)20/h5-12,20,26H,1-4H3,(H,25,28). The van der Waals surface area contributed by atoms with Crippen LogP contribution in [0.2, 0.25) is 0 Å². The highest BCUT2D eigenvalue weighted by atomic mass is 16.3. The third-order valence-corrected chi connectivity index (χ3v) is 5.39. The lowest BCUT2D eigenvalue weighted by molar-refractivity contribution is -0.115. The van der Waals surface area contributed by atoms with Crippen molar-refractivity contribution in [3.05, 3.63) is 75.1 Å². The molecule has 0 saturated carbocycles. The number of likely N-dealkylation sites (N-methyl/N-ethyl adjacent to an activating group) is 1. The summed E-state index contributed by atoms with van der Waals surface area (Å²) in [6, 6.07) is 12.2. The van der Waals surface area contributed by atoms with Gasteiger partial charge in [0.15, 0.2) is 5.43 Å². The molecule has 0 radical (unpaired) electrons. The highest BCUT2D eigenvalue weighted by molar-refractivity contribution is 6.25. The summed E-state index contributed by atoms with van der Waals surface area (Å²) >= 11 is 0. The van der Waals surface area contributed by atoms with Crippen LogP contribution in [0.5, 0.6) is 5.75 Å². The van der Waals surface area contributed by atoms with Crippen LogP contribution in [-0.2, 0) is 4.79 Å². The van der Waals surface area contributed by atoms with E-state index >= 15 is 0 Å². The molecule has 1 amide bonds. The van der Waals surface area contributed by atoms with Crippen molar-refractivity contribution < 1.29 is 14.3 Å². The lowest BCUT2D eigenvalue weighted by Crippen LogP contribution is -2.23. The first-order valence-electron chi connectivity index (χ1n) is 9.55. The molecular formula is C24H23NO4. The Bertz CT molecular complexity index is 1230. The fourth-order valence-corrected chi connectivity index (χ4v) is 4.10. The first-order chi connectivity index (χ1) is 13.7. The number of nitrogens with one attached hydrogen (secondary N) is 1. The van der Waals surface area contributed by atoms with Gasteiger partial charge in [0.05, 0.1) is 10.9 Å². The third-order valence-electron chi connectivity index (χ3n) is 5.39. The number of phenols is 1. The fraction of sp³-hybridized carbons (Fsp3) is 0.250. The summed E-state index contributed by atoms with van der Waals surface area (Å²) in [5.74, 6) is 0.0187. The minimum atomic E-state index is -0.294. The van der Waals surface area contributed by atoms with Gasteiger partial charge in [0.1, 0.15) is 17.1 Å². The highest BCUT2D eigenvalue weighted by Gasteiger charge is 2.37. The lowest BCUT2D eigenvalue weighted by Gasteiger charge is -2.31. The molecule has 0 bridgehead atoms. The van der Waals surface area contributed by atoms with Gasteiger partial charge in [-0.05, 0) is 34.8 Å². The Morgan fingerprint density at radius 2 is 1.86 bits per heavy atom.